The number of hydrogen-bond acceptors (Lipinski definition) is 4. The van der Waals surface area contributed by atoms with Gasteiger partial charge in [-0.25, -0.2) is 0 Å². The van der Waals surface area contributed by atoms with Crippen LogP contribution in [0.3, 0.4) is 0 Å². The molecule has 6 nitrogen and oxygen atoms in total. The molecule has 0 fully saturated rings. The minimum Gasteiger partial charge on any atom is -0.330 e. The summed E-state index contributed by atoms with van der Waals surface area (Å²) in [5.74, 6) is -0.357. The highest BCUT2D eigenvalue weighted by Gasteiger charge is 2.16. The minimum atomic E-state index is -0.500. The average molecular weight is 330 g/mol. The van der Waals surface area contributed by atoms with E-state index in [1.807, 2.05) is 0 Å². The second-order valence-corrected chi connectivity index (χ2v) is 5.10. The number of halogens is 1. The Morgan fingerprint density at radius 2 is 2.26 bits per heavy atom. The van der Waals surface area contributed by atoms with Gasteiger partial charge in [-0.3, -0.25) is 14.9 Å². The molecule has 0 aliphatic carbocycles. The first-order valence-electron chi connectivity index (χ1n) is 5.90. The van der Waals surface area contributed by atoms with Crippen LogP contribution in [0.2, 0.25) is 0 Å². The average Bonchev–Trinajstić information content (AvgIpc) is 2.38. The van der Waals surface area contributed by atoms with E-state index in [4.69, 9.17) is 5.73 Å². The smallest absolute Gasteiger partial charge is 0.271 e. The van der Waals surface area contributed by atoms with E-state index >= 15 is 0 Å². The van der Waals surface area contributed by atoms with Gasteiger partial charge in [0.1, 0.15) is 0 Å². The molecule has 3 N–H and O–H groups in total. The number of nitrogens with two attached hydrogens (primary N) is 1. The Morgan fingerprint density at radius 3 is 2.84 bits per heavy atom. The zero-order chi connectivity index (χ0) is 14.4. The summed E-state index contributed by atoms with van der Waals surface area (Å²) >= 11 is 3.25. The molecule has 0 aliphatic rings. The molecular weight excluding hydrogens is 314 g/mol. The molecule has 0 aliphatic heterocycles. The predicted octanol–water partition coefficient (Wildman–Crippen LogP) is 2.67. The summed E-state index contributed by atoms with van der Waals surface area (Å²) < 4.78 is 0.609. The lowest BCUT2D eigenvalue weighted by molar-refractivity contribution is -0.384. The highest BCUT2D eigenvalue weighted by atomic mass is 79.9. The second kappa shape index (κ2) is 7.20. The van der Waals surface area contributed by atoms with Crippen LogP contribution in [0.4, 0.5) is 11.4 Å². The molecule has 1 atom stereocenters. The number of hydrogen-bond donors (Lipinski definition) is 2. The Hall–Kier alpha value is -1.47. The molecule has 0 saturated carbocycles. The van der Waals surface area contributed by atoms with Crippen LogP contribution in [0.5, 0.6) is 0 Å². The lowest BCUT2D eigenvalue weighted by Crippen LogP contribution is -2.21. The summed E-state index contributed by atoms with van der Waals surface area (Å²) in [5, 5.41) is 13.4. The summed E-state index contributed by atoms with van der Waals surface area (Å²) in [4.78, 5) is 22.1. The van der Waals surface area contributed by atoms with E-state index in [0.29, 0.717) is 23.1 Å². The number of nitrogens with one attached hydrogen (secondary N) is 1. The largest absolute Gasteiger partial charge is 0.330 e. The Kier molecular flexibility index (Phi) is 5.91. The molecule has 1 rings (SSSR count). The van der Waals surface area contributed by atoms with E-state index in [0.717, 1.165) is 6.42 Å². The molecule has 0 aromatic heterocycles. The van der Waals surface area contributed by atoms with E-state index in [9.17, 15) is 14.9 Å². The number of anilines is 1. The van der Waals surface area contributed by atoms with Crippen LogP contribution < -0.4 is 11.1 Å². The fourth-order valence-electron chi connectivity index (χ4n) is 1.53. The third-order valence-electron chi connectivity index (χ3n) is 2.71. The minimum absolute atomic E-state index is 0.0619. The third kappa shape index (κ3) is 4.60. The fraction of sp³-hybridized carbons (Fsp3) is 0.417. The molecule has 104 valence electrons. The summed E-state index contributed by atoms with van der Waals surface area (Å²) in [6, 6.07) is 4.24. The van der Waals surface area contributed by atoms with Gasteiger partial charge < -0.3 is 11.1 Å². The van der Waals surface area contributed by atoms with Crippen molar-refractivity contribution >= 4 is 33.2 Å². The van der Waals surface area contributed by atoms with Crippen LogP contribution in [0.1, 0.15) is 19.8 Å². The summed E-state index contributed by atoms with van der Waals surface area (Å²) in [6.07, 6.45) is 1.46. The first-order valence-corrected chi connectivity index (χ1v) is 6.70. The van der Waals surface area contributed by atoms with Gasteiger partial charge in [0, 0.05) is 22.5 Å². The Labute approximate surface area is 119 Å². The highest BCUT2D eigenvalue weighted by Crippen LogP contribution is 2.27. The van der Waals surface area contributed by atoms with Crippen molar-refractivity contribution in [1.29, 1.82) is 0 Å². The first kappa shape index (κ1) is 15.6. The van der Waals surface area contributed by atoms with Crippen LogP contribution in [0.15, 0.2) is 22.7 Å². The van der Waals surface area contributed by atoms with Gasteiger partial charge in [0.15, 0.2) is 0 Å². The molecular formula is C12H16BrN3O3. The van der Waals surface area contributed by atoms with Crippen molar-refractivity contribution in [1.82, 2.24) is 0 Å². The number of amides is 1. The lowest BCUT2D eigenvalue weighted by Gasteiger charge is -2.12. The molecule has 1 amide bonds. The number of nitro benzene ring substituents is 1. The quantitative estimate of drug-likeness (QED) is 0.619. The Bertz CT molecular complexity index is 479. The Balaban J connectivity index is 2.78. The summed E-state index contributed by atoms with van der Waals surface area (Å²) in [7, 11) is 0. The van der Waals surface area contributed by atoms with Crippen molar-refractivity contribution in [3.8, 4) is 0 Å². The van der Waals surface area contributed by atoms with Crippen LogP contribution in [0, 0.1) is 16.0 Å². The predicted molar refractivity (Wildman–Crippen MR) is 76.9 cm³/mol. The molecule has 7 heteroatoms. The van der Waals surface area contributed by atoms with Gasteiger partial charge in [-0.05, 0) is 41.4 Å². The van der Waals surface area contributed by atoms with E-state index in [-0.39, 0.29) is 17.5 Å². The summed E-state index contributed by atoms with van der Waals surface area (Å²) in [5.41, 5.74) is 5.73. The summed E-state index contributed by atoms with van der Waals surface area (Å²) in [6.45, 7) is 2.34. The van der Waals surface area contributed by atoms with Gasteiger partial charge in [0.25, 0.3) is 5.69 Å². The number of nitrogens with zero attached hydrogens (tertiary/aromatic N) is 1. The maximum Gasteiger partial charge on any atom is 0.271 e. The zero-order valence-electron chi connectivity index (χ0n) is 10.6. The van der Waals surface area contributed by atoms with Crippen LogP contribution in [-0.4, -0.2) is 17.4 Å². The van der Waals surface area contributed by atoms with E-state index in [1.165, 1.54) is 18.2 Å². The molecule has 0 spiro atoms. The lowest BCUT2D eigenvalue weighted by atomic mass is 10.0. The maximum absolute atomic E-state index is 11.9. The number of non-ortho nitro benzene ring substituents is 1. The fourth-order valence-corrected chi connectivity index (χ4v) is 1.88. The maximum atomic E-state index is 11.9. The van der Waals surface area contributed by atoms with Crippen LogP contribution >= 0.6 is 15.9 Å². The molecule has 0 radical (unpaired) electrons. The molecule has 1 aromatic carbocycles. The van der Waals surface area contributed by atoms with Crippen molar-refractivity contribution in [2.75, 3.05) is 11.9 Å². The number of benzene rings is 1. The number of carbonyl (C=O) groups is 1. The van der Waals surface area contributed by atoms with E-state index in [2.05, 4.69) is 21.2 Å². The highest BCUT2D eigenvalue weighted by molar-refractivity contribution is 9.10. The van der Waals surface area contributed by atoms with Crippen LogP contribution in [0.25, 0.3) is 0 Å². The molecule has 0 heterocycles. The zero-order valence-corrected chi connectivity index (χ0v) is 12.1. The number of rotatable bonds is 6. The second-order valence-electron chi connectivity index (χ2n) is 4.24. The standard InChI is InChI=1S/C12H16BrN3O3/c1-8(3-2-6-14)12(17)15-11-7-9(16(18)19)4-5-10(11)13/h4-5,7-8H,2-3,6,14H2,1H3,(H,15,17). The number of carbonyl (C=O) groups excluding carboxylic acids is 1. The molecule has 0 saturated heterocycles. The van der Waals surface area contributed by atoms with Gasteiger partial charge in [-0.1, -0.05) is 6.92 Å². The van der Waals surface area contributed by atoms with Gasteiger partial charge in [0.05, 0.1) is 10.6 Å². The normalized spacial score (nSPS) is 11.9. The van der Waals surface area contributed by atoms with Gasteiger partial charge in [0.2, 0.25) is 5.91 Å². The van der Waals surface area contributed by atoms with Crippen molar-refractivity contribution in [2.45, 2.75) is 19.8 Å². The topological polar surface area (TPSA) is 98.3 Å². The van der Waals surface area contributed by atoms with Crippen molar-refractivity contribution in [3.63, 3.8) is 0 Å². The molecule has 0 bridgehead atoms. The molecule has 19 heavy (non-hydrogen) atoms. The van der Waals surface area contributed by atoms with E-state index < -0.39 is 4.92 Å². The first-order chi connectivity index (χ1) is 8.95. The van der Waals surface area contributed by atoms with Crippen molar-refractivity contribution < 1.29 is 9.72 Å². The monoisotopic (exact) mass is 329 g/mol. The van der Waals surface area contributed by atoms with E-state index in [1.54, 1.807) is 6.92 Å². The Morgan fingerprint density at radius 1 is 1.58 bits per heavy atom. The van der Waals surface area contributed by atoms with Gasteiger partial charge in [-0.2, -0.15) is 0 Å². The molecule has 1 unspecified atom stereocenters. The number of nitro groups is 1. The van der Waals surface area contributed by atoms with Gasteiger partial charge >= 0.3 is 0 Å². The third-order valence-corrected chi connectivity index (χ3v) is 3.40. The molecule has 1 aromatic rings. The van der Waals surface area contributed by atoms with Crippen molar-refractivity contribution in [3.05, 3.63) is 32.8 Å². The van der Waals surface area contributed by atoms with Crippen molar-refractivity contribution in [2.24, 2.45) is 11.7 Å². The van der Waals surface area contributed by atoms with Crippen LogP contribution in [-0.2, 0) is 4.79 Å². The van der Waals surface area contributed by atoms with Gasteiger partial charge in [-0.15, -0.1) is 0 Å². The SMILES string of the molecule is CC(CCCN)C(=O)Nc1cc([N+](=O)[O-])ccc1Br.